The fourth-order valence-corrected chi connectivity index (χ4v) is 3.93. The second-order valence-electron chi connectivity index (χ2n) is 6.74. The molecule has 0 atom stereocenters. The van der Waals surface area contributed by atoms with Crippen LogP contribution in [0, 0.1) is 0 Å². The fourth-order valence-electron chi connectivity index (χ4n) is 3.93. The first kappa shape index (κ1) is 15.5. The van der Waals surface area contributed by atoms with Gasteiger partial charge in [-0.25, -0.2) is 4.79 Å². The van der Waals surface area contributed by atoms with Gasteiger partial charge in [-0.1, -0.05) is 12.1 Å². The molecule has 1 aromatic rings. The summed E-state index contributed by atoms with van der Waals surface area (Å²) in [5.74, 6) is -0.264. The van der Waals surface area contributed by atoms with E-state index in [0.717, 1.165) is 6.54 Å². The summed E-state index contributed by atoms with van der Waals surface area (Å²) < 4.78 is 4.76. The lowest BCUT2D eigenvalue weighted by molar-refractivity contribution is 0.0567. The molecule has 2 aliphatic heterocycles. The van der Waals surface area contributed by atoms with E-state index in [4.69, 9.17) is 4.74 Å². The minimum absolute atomic E-state index is 0.264. The highest BCUT2D eigenvalue weighted by Crippen LogP contribution is 2.39. The second kappa shape index (κ2) is 6.39. The Morgan fingerprint density at radius 1 is 1.14 bits per heavy atom. The average molecular weight is 302 g/mol. The Balaban J connectivity index is 1.68. The number of hydrogen-bond acceptors (Lipinski definition) is 4. The first-order chi connectivity index (χ1) is 10.6. The lowest BCUT2D eigenvalue weighted by atomic mass is 9.85. The predicted molar refractivity (Wildman–Crippen MR) is 86.9 cm³/mol. The predicted octanol–water partition coefficient (Wildman–Crippen LogP) is 2.53. The summed E-state index contributed by atoms with van der Waals surface area (Å²) in [6.07, 6.45) is 5.21. The Labute approximate surface area is 133 Å². The van der Waals surface area contributed by atoms with Crippen LogP contribution >= 0.6 is 0 Å². The van der Waals surface area contributed by atoms with Gasteiger partial charge in [0.1, 0.15) is 0 Å². The monoisotopic (exact) mass is 302 g/mol. The molecule has 2 fully saturated rings. The number of carbonyl (C=O) groups is 1. The van der Waals surface area contributed by atoms with E-state index in [-0.39, 0.29) is 5.97 Å². The van der Waals surface area contributed by atoms with E-state index in [1.54, 1.807) is 0 Å². The molecule has 2 heterocycles. The van der Waals surface area contributed by atoms with Crippen molar-refractivity contribution in [3.8, 4) is 0 Å². The topological polar surface area (TPSA) is 32.8 Å². The molecule has 0 saturated carbocycles. The van der Waals surface area contributed by atoms with Crippen LogP contribution in [-0.2, 0) is 11.3 Å². The van der Waals surface area contributed by atoms with Crippen molar-refractivity contribution in [2.45, 2.75) is 37.8 Å². The molecule has 4 nitrogen and oxygen atoms in total. The smallest absolute Gasteiger partial charge is 0.337 e. The molecule has 4 heteroatoms. The summed E-state index contributed by atoms with van der Waals surface area (Å²) in [5.41, 5.74) is 2.32. The van der Waals surface area contributed by atoms with Gasteiger partial charge < -0.3 is 9.64 Å². The molecule has 2 saturated heterocycles. The van der Waals surface area contributed by atoms with Gasteiger partial charge in [-0.05, 0) is 70.1 Å². The Morgan fingerprint density at radius 2 is 1.82 bits per heavy atom. The molecule has 3 rings (SSSR count). The third-order valence-corrected chi connectivity index (χ3v) is 5.41. The summed E-state index contributed by atoms with van der Waals surface area (Å²) in [6.45, 7) is 4.60. The normalized spacial score (nSPS) is 22.1. The molecular weight excluding hydrogens is 276 g/mol. The van der Waals surface area contributed by atoms with Gasteiger partial charge in [-0.2, -0.15) is 0 Å². The molecule has 22 heavy (non-hydrogen) atoms. The fraction of sp³-hybridized carbons (Fsp3) is 0.611. The molecule has 0 aliphatic carbocycles. The Morgan fingerprint density at radius 3 is 2.45 bits per heavy atom. The number of likely N-dealkylation sites (tertiary alicyclic amines) is 2. The van der Waals surface area contributed by atoms with Crippen LogP contribution in [0.3, 0.4) is 0 Å². The second-order valence-corrected chi connectivity index (χ2v) is 6.74. The SMILES string of the molecule is COC(=O)c1ccc(CN2CCCC23CCN(C)CC3)cc1. The zero-order valence-corrected chi connectivity index (χ0v) is 13.7. The van der Waals surface area contributed by atoms with E-state index >= 15 is 0 Å². The van der Waals surface area contributed by atoms with Crippen molar-refractivity contribution in [2.24, 2.45) is 0 Å². The third kappa shape index (κ3) is 3.03. The molecule has 1 aromatic carbocycles. The van der Waals surface area contributed by atoms with Crippen molar-refractivity contribution >= 4 is 5.97 Å². The molecule has 0 unspecified atom stereocenters. The highest BCUT2D eigenvalue weighted by Gasteiger charge is 2.42. The van der Waals surface area contributed by atoms with Crippen molar-refractivity contribution in [3.05, 3.63) is 35.4 Å². The maximum atomic E-state index is 11.5. The summed E-state index contributed by atoms with van der Waals surface area (Å²) in [4.78, 5) is 16.6. The number of ether oxygens (including phenoxy) is 1. The lowest BCUT2D eigenvalue weighted by Gasteiger charge is -2.44. The molecule has 1 spiro atoms. The molecule has 0 aromatic heterocycles. The highest BCUT2D eigenvalue weighted by atomic mass is 16.5. The van der Waals surface area contributed by atoms with Crippen molar-refractivity contribution in [3.63, 3.8) is 0 Å². The van der Waals surface area contributed by atoms with Gasteiger partial charge in [0.2, 0.25) is 0 Å². The Kier molecular flexibility index (Phi) is 4.50. The number of nitrogens with zero attached hydrogens (tertiary/aromatic N) is 2. The van der Waals surface area contributed by atoms with Gasteiger partial charge >= 0.3 is 5.97 Å². The molecular formula is C18H26N2O2. The number of hydrogen-bond donors (Lipinski definition) is 0. The van der Waals surface area contributed by atoms with Crippen LogP contribution < -0.4 is 0 Å². The van der Waals surface area contributed by atoms with E-state index in [9.17, 15) is 4.79 Å². The van der Waals surface area contributed by atoms with E-state index < -0.39 is 0 Å². The largest absolute Gasteiger partial charge is 0.465 e. The minimum Gasteiger partial charge on any atom is -0.465 e. The van der Waals surface area contributed by atoms with Gasteiger partial charge in [-0.15, -0.1) is 0 Å². The van der Waals surface area contributed by atoms with Crippen molar-refractivity contribution < 1.29 is 9.53 Å². The number of carbonyl (C=O) groups excluding carboxylic acids is 1. The number of piperidine rings is 1. The molecule has 0 radical (unpaired) electrons. The Bertz CT molecular complexity index is 518. The molecule has 2 aliphatic rings. The average Bonchev–Trinajstić information content (AvgIpc) is 2.93. The maximum Gasteiger partial charge on any atom is 0.337 e. The molecule has 0 amide bonds. The van der Waals surface area contributed by atoms with Crippen LogP contribution in [0.1, 0.15) is 41.6 Å². The van der Waals surface area contributed by atoms with E-state index in [1.807, 2.05) is 12.1 Å². The summed E-state index contributed by atoms with van der Waals surface area (Å²) >= 11 is 0. The quantitative estimate of drug-likeness (QED) is 0.803. The van der Waals surface area contributed by atoms with Crippen molar-refractivity contribution in [2.75, 3.05) is 33.8 Å². The van der Waals surface area contributed by atoms with Gasteiger partial charge in [0.15, 0.2) is 0 Å². The first-order valence-electron chi connectivity index (χ1n) is 8.24. The van der Waals surface area contributed by atoms with Crippen LogP contribution in [0.5, 0.6) is 0 Å². The van der Waals surface area contributed by atoms with Crippen LogP contribution in [0.4, 0.5) is 0 Å². The third-order valence-electron chi connectivity index (χ3n) is 5.41. The molecule has 120 valence electrons. The zero-order chi connectivity index (χ0) is 15.6. The first-order valence-corrected chi connectivity index (χ1v) is 8.24. The minimum atomic E-state index is -0.264. The lowest BCUT2D eigenvalue weighted by Crippen LogP contribution is -2.50. The van der Waals surface area contributed by atoms with Crippen molar-refractivity contribution in [1.29, 1.82) is 0 Å². The van der Waals surface area contributed by atoms with Gasteiger partial charge in [0.05, 0.1) is 12.7 Å². The summed E-state index contributed by atoms with van der Waals surface area (Å²) in [5, 5.41) is 0. The Hall–Kier alpha value is -1.39. The standard InChI is InChI=1S/C18H26N2O2/c1-19-12-9-18(10-13-19)8-3-11-20(18)14-15-4-6-16(7-5-15)17(21)22-2/h4-7H,3,8-14H2,1-2H3. The molecule has 0 N–H and O–H groups in total. The number of methoxy groups -OCH3 is 1. The van der Waals surface area contributed by atoms with Crippen LogP contribution in [-0.4, -0.2) is 55.1 Å². The highest BCUT2D eigenvalue weighted by molar-refractivity contribution is 5.89. The maximum absolute atomic E-state index is 11.5. The van der Waals surface area contributed by atoms with Crippen LogP contribution in [0.2, 0.25) is 0 Å². The van der Waals surface area contributed by atoms with Gasteiger partial charge in [0, 0.05) is 12.1 Å². The zero-order valence-electron chi connectivity index (χ0n) is 13.7. The molecule has 0 bridgehead atoms. The summed E-state index contributed by atoms with van der Waals surface area (Å²) in [7, 11) is 3.64. The van der Waals surface area contributed by atoms with Gasteiger partial charge in [-0.3, -0.25) is 4.90 Å². The summed E-state index contributed by atoms with van der Waals surface area (Å²) in [6, 6.07) is 7.87. The number of benzene rings is 1. The van der Waals surface area contributed by atoms with E-state index in [2.05, 4.69) is 29.0 Å². The van der Waals surface area contributed by atoms with Crippen LogP contribution in [0.25, 0.3) is 0 Å². The number of rotatable bonds is 3. The van der Waals surface area contributed by atoms with E-state index in [0.29, 0.717) is 11.1 Å². The number of esters is 1. The van der Waals surface area contributed by atoms with E-state index in [1.165, 1.54) is 58.0 Å². The van der Waals surface area contributed by atoms with Crippen molar-refractivity contribution in [1.82, 2.24) is 9.80 Å². The van der Waals surface area contributed by atoms with Gasteiger partial charge in [0.25, 0.3) is 0 Å². The van der Waals surface area contributed by atoms with Crippen LogP contribution in [0.15, 0.2) is 24.3 Å².